The normalized spacial score (nSPS) is 19.7. The fraction of sp³-hybridized carbons (Fsp3) is 0.459. The number of piperidine rings is 1. The molecule has 5 heterocycles. The molecule has 48 heavy (non-hydrogen) atoms. The van der Waals surface area contributed by atoms with Crippen LogP contribution >= 0.6 is 0 Å². The zero-order valence-corrected chi connectivity index (χ0v) is 27.5. The number of likely N-dealkylation sites (tertiary alicyclic amines) is 1. The lowest BCUT2D eigenvalue weighted by Crippen LogP contribution is -2.45. The van der Waals surface area contributed by atoms with Crippen LogP contribution < -0.4 is 10.1 Å². The minimum absolute atomic E-state index is 0.209. The van der Waals surface area contributed by atoms with E-state index in [0.717, 1.165) is 104 Å². The first-order valence-electron chi connectivity index (χ1n) is 17.1. The third kappa shape index (κ3) is 7.69. The molecule has 252 valence electrons. The molecule has 0 bridgehead atoms. The maximum atomic E-state index is 11.4. The molecule has 3 aliphatic heterocycles. The van der Waals surface area contributed by atoms with Gasteiger partial charge in [-0.2, -0.15) is 5.10 Å². The van der Waals surface area contributed by atoms with E-state index in [-0.39, 0.29) is 11.7 Å². The average Bonchev–Trinajstić information content (AvgIpc) is 3.51. The van der Waals surface area contributed by atoms with Crippen molar-refractivity contribution in [2.45, 2.75) is 63.7 Å². The summed E-state index contributed by atoms with van der Waals surface area (Å²) in [4.78, 5) is 23.7. The van der Waals surface area contributed by atoms with Crippen molar-refractivity contribution in [2.24, 2.45) is 4.99 Å². The summed E-state index contributed by atoms with van der Waals surface area (Å²) in [6, 6.07) is 18.0. The van der Waals surface area contributed by atoms with Crippen molar-refractivity contribution in [1.29, 1.82) is 0 Å². The molecule has 3 fully saturated rings. The number of nitrogens with one attached hydrogen (secondary N) is 1. The van der Waals surface area contributed by atoms with Gasteiger partial charge in [-0.25, -0.2) is 14.8 Å². The molecule has 3 saturated heterocycles. The Morgan fingerprint density at radius 1 is 1.04 bits per heavy atom. The number of carboxylic acid groups (broad SMARTS) is 1. The number of aromatic nitrogens is 3. The van der Waals surface area contributed by atoms with Gasteiger partial charge in [-0.3, -0.25) is 9.58 Å². The number of hydrogen-bond acceptors (Lipinski definition) is 8. The van der Waals surface area contributed by atoms with E-state index < -0.39 is 5.97 Å². The molecule has 1 atom stereocenters. The minimum Gasteiger partial charge on any atom is -0.478 e. The predicted molar refractivity (Wildman–Crippen MR) is 183 cm³/mol. The second kappa shape index (κ2) is 14.8. The minimum atomic E-state index is -0.934. The molecule has 2 N–H and O–H groups in total. The van der Waals surface area contributed by atoms with Crippen LogP contribution in [-0.2, 0) is 16.1 Å². The van der Waals surface area contributed by atoms with E-state index in [4.69, 9.17) is 24.2 Å². The van der Waals surface area contributed by atoms with Crippen molar-refractivity contribution in [3.05, 3.63) is 83.2 Å². The number of nitrogens with zero attached hydrogens (tertiary/aromatic N) is 5. The molecular weight excluding hydrogens is 608 g/mol. The summed E-state index contributed by atoms with van der Waals surface area (Å²) in [5, 5.41) is 18.7. The fourth-order valence-electron chi connectivity index (χ4n) is 6.76. The van der Waals surface area contributed by atoms with Crippen LogP contribution in [0.25, 0.3) is 10.9 Å². The van der Waals surface area contributed by atoms with Gasteiger partial charge >= 0.3 is 5.97 Å². The third-order valence-corrected chi connectivity index (χ3v) is 9.74. The van der Waals surface area contributed by atoms with Crippen molar-refractivity contribution in [3.63, 3.8) is 0 Å². The molecule has 2 aromatic carbocycles. The summed E-state index contributed by atoms with van der Waals surface area (Å²) in [5.74, 6) is 0.944. The van der Waals surface area contributed by atoms with E-state index in [1.165, 1.54) is 0 Å². The summed E-state index contributed by atoms with van der Waals surface area (Å²) in [5.41, 5.74) is 5.19. The molecular formula is C37H44N6O5. The van der Waals surface area contributed by atoms with Gasteiger partial charge < -0.3 is 24.6 Å². The zero-order valence-electron chi connectivity index (χ0n) is 27.5. The second-order valence-corrected chi connectivity index (χ2v) is 13.1. The smallest absolute Gasteiger partial charge is 0.335 e. The van der Waals surface area contributed by atoms with Crippen LogP contribution in [0.4, 0.5) is 5.69 Å². The van der Waals surface area contributed by atoms with E-state index in [1.807, 2.05) is 25.3 Å². The van der Waals surface area contributed by atoms with Gasteiger partial charge in [0, 0.05) is 49.4 Å². The maximum Gasteiger partial charge on any atom is 0.335 e. The zero-order chi connectivity index (χ0) is 32.9. The van der Waals surface area contributed by atoms with Crippen LogP contribution in [0, 0.1) is 6.92 Å². The fourth-order valence-corrected chi connectivity index (χ4v) is 6.76. The molecule has 11 nitrogen and oxygen atoms in total. The highest BCUT2D eigenvalue weighted by atomic mass is 16.5. The van der Waals surface area contributed by atoms with Gasteiger partial charge in [-0.15, -0.1) is 0 Å². The Hall–Kier alpha value is -4.32. The van der Waals surface area contributed by atoms with Crippen molar-refractivity contribution < 1.29 is 24.1 Å². The van der Waals surface area contributed by atoms with Gasteiger partial charge in [0.1, 0.15) is 12.4 Å². The van der Waals surface area contributed by atoms with Gasteiger partial charge in [-0.05, 0) is 93.6 Å². The average molecular weight is 653 g/mol. The number of carbonyl (C=O) groups is 1. The Morgan fingerprint density at radius 3 is 2.62 bits per heavy atom. The van der Waals surface area contributed by atoms with Crippen LogP contribution in [0.5, 0.6) is 5.88 Å². The first-order valence-corrected chi connectivity index (χ1v) is 17.1. The maximum absolute atomic E-state index is 11.4. The first-order chi connectivity index (χ1) is 23.5. The summed E-state index contributed by atoms with van der Waals surface area (Å²) in [6.07, 6.45) is 7.16. The van der Waals surface area contributed by atoms with E-state index in [2.05, 4.69) is 44.3 Å². The predicted octanol–water partition coefficient (Wildman–Crippen LogP) is 5.66. The highest BCUT2D eigenvalue weighted by Gasteiger charge is 2.24. The Balaban J connectivity index is 0.960. The number of aromatic carboxylic acids is 1. The number of pyridine rings is 1. The number of amidine groups is 1. The highest BCUT2D eigenvalue weighted by molar-refractivity contribution is 5.90. The van der Waals surface area contributed by atoms with Gasteiger partial charge in [0.25, 0.3) is 0 Å². The molecule has 0 spiro atoms. The summed E-state index contributed by atoms with van der Waals surface area (Å²) < 4.78 is 19.5. The first kappa shape index (κ1) is 32.2. The SMILES string of the molecule is Cc1cc(C(=O)O)ccc1/N=C(/CN1CCC(c2cccc(OCc3ccc4cnn(C5CCOCC5)c4c3)n2)CC1)NC[C@@H]1CCO1. The molecule has 3 aliphatic rings. The van der Waals surface area contributed by atoms with E-state index >= 15 is 0 Å². The summed E-state index contributed by atoms with van der Waals surface area (Å²) in [7, 11) is 0. The van der Waals surface area contributed by atoms with Gasteiger partial charge in [-0.1, -0.05) is 18.2 Å². The number of carboxylic acids is 1. The van der Waals surface area contributed by atoms with Crippen molar-refractivity contribution >= 4 is 28.4 Å². The highest BCUT2D eigenvalue weighted by Crippen LogP contribution is 2.29. The number of rotatable bonds is 11. The Bertz CT molecular complexity index is 1750. The van der Waals surface area contributed by atoms with Crippen LogP contribution in [0.3, 0.4) is 0 Å². The standard InChI is InChI=1S/C37H44N6O5/c1-25-19-28(37(44)45)7-8-32(25)40-35(38-22-31-13-18-47-31)23-42-14-9-27(10-15-42)33-3-2-4-36(41-33)48-24-26-5-6-29-21-39-43(34(29)20-26)30-11-16-46-17-12-30/h2-8,19-21,27,30-31H,9-18,22-24H2,1H3,(H,38,40)(H,44,45)/t31-/m0/s1. The topological polar surface area (TPSA) is 123 Å². The monoisotopic (exact) mass is 652 g/mol. The van der Waals surface area contributed by atoms with E-state index in [1.54, 1.807) is 18.2 Å². The van der Waals surface area contributed by atoms with Crippen LogP contribution in [0.2, 0.25) is 0 Å². The lowest BCUT2D eigenvalue weighted by molar-refractivity contribution is -0.0461. The molecule has 0 saturated carbocycles. The molecule has 2 aromatic heterocycles. The van der Waals surface area contributed by atoms with Crippen molar-refractivity contribution in [2.75, 3.05) is 46.0 Å². The van der Waals surface area contributed by atoms with Gasteiger partial charge in [0.2, 0.25) is 5.88 Å². The molecule has 0 amide bonds. The Morgan fingerprint density at radius 2 is 1.88 bits per heavy atom. The van der Waals surface area contributed by atoms with E-state index in [0.29, 0.717) is 37.5 Å². The number of fused-ring (bicyclic) bond motifs is 1. The summed E-state index contributed by atoms with van der Waals surface area (Å²) >= 11 is 0. The van der Waals surface area contributed by atoms with E-state index in [9.17, 15) is 9.90 Å². The molecule has 4 aromatic rings. The van der Waals surface area contributed by atoms with Crippen LogP contribution in [0.1, 0.15) is 71.2 Å². The third-order valence-electron chi connectivity index (χ3n) is 9.74. The van der Waals surface area contributed by atoms with Crippen molar-refractivity contribution in [1.82, 2.24) is 25.0 Å². The lowest BCUT2D eigenvalue weighted by atomic mass is 9.93. The van der Waals surface area contributed by atoms with Crippen LogP contribution in [0.15, 0.2) is 65.8 Å². The molecule has 0 aliphatic carbocycles. The Kier molecular flexibility index (Phi) is 9.97. The molecule has 0 radical (unpaired) electrons. The summed E-state index contributed by atoms with van der Waals surface area (Å²) in [6.45, 7) is 7.97. The van der Waals surface area contributed by atoms with Crippen molar-refractivity contribution in [3.8, 4) is 5.88 Å². The molecule has 7 rings (SSSR count). The van der Waals surface area contributed by atoms with Crippen LogP contribution in [-0.4, -0.2) is 88.7 Å². The lowest BCUT2D eigenvalue weighted by Gasteiger charge is -2.33. The quantitative estimate of drug-likeness (QED) is 0.156. The Labute approximate surface area is 280 Å². The number of ether oxygens (including phenoxy) is 3. The number of hydrogen-bond donors (Lipinski definition) is 2. The largest absolute Gasteiger partial charge is 0.478 e. The number of aryl methyl sites for hydroxylation is 1. The molecule has 0 unspecified atom stereocenters. The number of aliphatic imine (C=N–C) groups is 1. The van der Waals surface area contributed by atoms with Gasteiger partial charge in [0.05, 0.1) is 41.7 Å². The number of benzene rings is 2. The molecule has 11 heteroatoms. The van der Waals surface area contributed by atoms with Gasteiger partial charge in [0.15, 0.2) is 0 Å². The second-order valence-electron chi connectivity index (χ2n) is 13.1.